The summed E-state index contributed by atoms with van der Waals surface area (Å²) in [5.74, 6) is 0.946. The monoisotopic (exact) mass is 158 g/mol. The first-order valence-corrected chi connectivity index (χ1v) is 4.49. The van der Waals surface area contributed by atoms with E-state index in [9.17, 15) is 4.79 Å². The lowest BCUT2D eigenvalue weighted by atomic mass is 10.2. The Kier molecular flexibility index (Phi) is 1.38. The van der Waals surface area contributed by atoms with Gasteiger partial charge in [0.05, 0.1) is 5.88 Å². The topological polar surface area (TPSA) is 41.1 Å². The minimum absolute atomic E-state index is 0.176. The minimum atomic E-state index is -0.236. The van der Waals surface area contributed by atoms with Gasteiger partial charge in [-0.2, -0.15) is 0 Å². The van der Waals surface area contributed by atoms with E-state index in [0.717, 1.165) is 25.3 Å². The second kappa shape index (κ2) is 2.13. The van der Waals surface area contributed by atoms with E-state index in [-0.39, 0.29) is 10.8 Å². The molecule has 2 N–H and O–H groups in total. The first-order chi connectivity index (χ1) is 4.83. The van der Waals surface area contributed by atoms with Gasteiger partial charge in [-0.25, -0.2) is 0 Å². The van der Waals surface area contributed by atoms with Crippen LogP contribution >= 0.6 is 11.8 Å². The zero-order chi connectivity index (χ0) is 7.03. The quantitative estimate of drug-likeness (QED) is 0.516. The highest BCUT2D eigenvalue weighted by molar-refractivity contribution is 8.01. The van der Waals surface area contributed by atoms with Crippen molar-refractivity contribution in [3.8, 4) is 0 Å². The third kappa shape index (κ3) is 0.754. The second-order valence-corrected chi connectivity index (χ2v) is 3.93. The maximum atomic E-state index is 11.2. The van der Waals surface area contributed by atoms with E-state index in [2.05, 4.69) is 10.6 Å². The zero-order valence-electron chi connectivity index (χ0n) is 5.64. The maximum absolute atomic E-state index is 11.2. The van der Waals surface area contributed by atoms with Crippen molar-refractivity contribution < 1.29 is 4.79 Å². The molecule has 2 aliphatic rings. The van der Waals surface area contributed by atoms with Gasteiger partial charge < -0.3 is 5.32 Å². The molecule has 0 saturated carbocycles. The van der Waals surface area contributed by atoms with Gasteiger partial charge in [0, 0.05) is 0 Å². The number of hydrogen-bond acceptors (Lipinski definition) is 3. The van der Waals surface area contributed by atoms with Crippen molar-refractivity contribution in [3.63, 3.8) is 0 Å². The summed E-state index contributed by atoms with van der Waals surface area (Å²) >= 11 is 1.69. The smallest absolute Gasteiger partial charge is 0.251 e. The highest BCUT2D eigenvalue weighted by Crippen LogP contribution is 2.34. The number of carbonyl (C=O) groups is 1. The predicted molar refractivity (Wildman–Crippen MR) is 40.6 cm³/mol. The van der Waals surface area contributed by atoms with Crippen molar-refractivity contribution in [1.29, 1.82) is 0 Å². The summed E-state index contributed by atoms with van der Waals surface area (Å²) in [4.78, 5) is 11.0. The minimum Gasteiger partial charge on any atom is -0.345 e. The first kappa shape index (κ1) is 6.49. The third-order valence-electron chi connectivity index (χ3n) is 2.03. The molecule has 2 aliphatic heterocycles. The predicted octanol–water partition coefficient (Wildman–Crippen LogP) is -0.113. The van der Waals surface area contributed by atoms with E-state index >= 15 is 0 Å². The largest absolute Gasteiger partial charge is 0.345 e. The molecule has 1 unspecified atom stereocenters. The summed E-state index contributed by atoms with van der Waals surface area (Å²) in [7, 11) is 0. The molecule has 0 radical (unpaired) electrons. The van der Waals surface area contributed by atoms with E-state index in [0.29, 0.717) is 0 Å². The normalized spacial score (nSPS) is 39.0. The molecule has 1 atom stereocenters. The lowest BCUT2D eigenvalue weighted by Crippen LogP contribution is -2.44. The van der Waals surface area contributed by atoms with Gasteiger partial charge in [-0.3, -0.25) is 10.1 Å². The number of rotatable bonds is 0. The van der Waals surface area contributed by atoms with Crippen LogP contribution in [-0.2, 0) is 4.79 Å². The standard InChI is InChI=1S/C6H10N2OS/c9-5-6(10-4-7-5)2-1-3-8-6/h8H,1-4H2,(H,7,9). The van der Waals surface area contributed by atoms with Gasteiger partial charge >= 0.3 is 0 Å². The van der Waals surface area contributed by atoms with Crippen molar-refractivity contribution in [1.82, 2.24) is 10.6 Å². The third-order valence-corrected chi connectivity index (χ3v) is 3.35. The Morgan fingerprint density at radius 3 is 3.00 bits per heavy atom. The molecule has 0 aromatic carbocycles. The summed E-state index contributed by atoms with van der Waals surface area (Å²) in [6.45, 7) is 0.987. The van der Waals surface area contributed by atoms with Crippen LogP contribution in [0.4, 0.5) is 0 Å². The van der Waals surface area contributed by atoms with Gasteiger partial charge in [-0.05, 0) is 19.4 Å². The fraction of sp³-hybridized carbons (Fsp3) is 0.833. The first-order valence-electron chi connectivity index (χ1n) is 3.51. The molecule has 56 valence electrons. The van der Waals surface area contributed by atoms with Crippen LogP contribution in [-0.4, -0.2) is 23.2 Å². The molecule has 1 amide bonds. The zero-order valence-corrected chi connectivity index (χ0v) is 6.46. The molecule has 4 heteroatoms. The van der Waals surface area contributed by atoms with Gasteiger partial charge in [-0.1, -0.05) is 0 Å². The molecule has 0 bridgehead atoms. The fourth-order valence-corrected chi connectivity index (χ4v) is 2.61. The van der Waals surface area contributed by atoms with Crippen molar-refractivity contribution in [2.45, 2.75) is 17.7 Å². The van der Waals surface area contributed by atoms with Crippen molar-refractivity contribution >= 4 is 17.7 Å². The van der Waals surface area contributed by atoms with Crippen molar-refractivity contribution in [2.24, 2.45) is 0 Å². The van der Waals surface area contributed by atoms with Gasteiger partial charge in [-0.15, -0.1) is 11.8 Å². The Hall–Kier alpha value is -0.220. The summed E-state index contributed by atoms with van der Waals surface area (Å²) in [6, 6.07) is 0. The number of hydrogen-bond donors (Lipinski definition) is 2. The molecule has 10 heavy (non-hydrogen) atoms. The second-order valence-electron chi connectivity index (χ2n) is 2.65. The molecular weight excluding hydrogens is 148 g/mol. The Morgan fingerprint density at radius 2 is 2.50 bits per heavy atom. The molecule has 3 nitrogen and oxygen atoms in total. The van der Waals surface area contributed by atoms with Crippen LogP contribution < -0.4 is 10.6 Å². The lowest BCUT2D eigenvalue weighted by molar-refractivity contribution is -0.122. The average Bonchev–Trinajstić information content (AvgIpc) is 2.48. The SMILES string of the molecule is O=C1NCSC12CCCN2. The maximum Gasteiger partial charge on any atom is 0.251 e. The highest BCUT2D eigenvalue weighted by atomic mass is 32.2. The van der Waals surface area contributed by atoms with Crippen LogP contribution in [0.25, 0.3) is 0 Å². The molecule has 2 saturated heterocycles. The number of carbonyl (C=O) groups excluding carboxylic acids is 1. The van der Waals surface area contributed by atoms with Crippen molar-refractivity contribution in [3.05, 3.63) is 0 Å². The van der Waals surface area contributed by atoms with E-state index < -0.39 is 0 Å². The molecule has 0 aromatic heterocycles. The van der Waals surface area contributed by atoms with Gasteiger partial charge in [0.1, 0.15) is 4.87 Å². The summed E-state index contributed by atoms with van der Waals surface area (Å²) in [6.07, 6.45) is 2.12. The van der Waals surface area contributed by atoms with Crippen LogP contribution in [0.5, 0.6) is 0 Å². The lowest BCUT2D eigenvalue weighted by Gasteiger charge is -2.17. The number of thioether (sulfide) groups is 1. The molecule has 1 spiro atoms. The number of amides is 1. The molecule has 2 rings (SSSR count). The Morgan fingerprint density at radius 1 is 1.60 bits per heavy atom. The van der Waals surface area contributed by atoms with Crippen molar-refractivity contribution in [2.75, 3.05) is 12.4 Å². The van der Waals surface area contributed by atoms with Crippen LogP contribution in [0.15, 0.2) is 0 Å². The molecule has 2 fully saturated rings. The van der Waals surface area contributed by atoms with Crippen LogP contribution in [0.1, 0.15) is 12.8 Å². The summed E-state index contributed by atoms with van der Waals surface area (Å²) in [5.41, 5.74) is 0. The van der Waals surface area contributed by atoms with Gasteiger partial charge in [0.15, 0.2) is 0 Å². The van der Waals surface area contributed by atoms with E-state index in [4.69, 9.17) is 0 Å². The molecule has 0 aliphatic carbocycles. The van der Waals surface area contributed by atoms with E-state index in [1.54, 1.807) is 11.8 Å². The van der Waals surface area contributed by atoms with E-state index in [1.807, 2.05) is 0 Å². The molecule has 2 heterocycles. The Bertz CT molecular complexity index is 160. The summed E-state index contributed by atoms with van der Waals surface area (Å²) in [5, 5.41) is 6.05. The average molecular weight is 158 g/mol. The number of nitrogens with one attached hydrogen (secondary N) is 2. The molecular formula is C6H10N2OS. The van der Waals surface area contributed by atoms with Crippen LogP contribution in [0, 0.1) is 0 Å². The Labute approximate surface area is 63.9 Å². The van der Waals surface area contributed by atoms with Gasteiger partial charge in [0.2, 0.25) is 0 Å². The van der Waals surface area contributed by atoms with Gasteiger partial charge in [0.25, 0.3) is 5.91 Å². The summed E-state index contributed by atoms with van der Waals surface area (Å²) < 4.78 is 0. The van der Waals surface area contributed by atoms with Crippen LogP contribution in [0.2, 0.25) is 0 Å². The van der Waals surface area contributed by atoms with E-state index in [1.165, 1.54) is 0 Å². The fourth-order valence-electron chi connectivity index (χ4n) is 1.47. The molecule has 0 aromatic rings. The highest BCUT2D eigenvalue weighted by Gasteiger charge is 2.44. The Balaban J connectivity index is 2.19. The van der Waals surface area contributed by atoms with Crippen LogP contribution in [0.3, 0.4) is 0 Å².